The van der Waals surface area contributed by atoms with Crippen molar-refractivity contribution in [3.05, 3.63) is 29.3 Å². The third-order valence-corrected chi connectivity index (χ3v) is 4.67. The van der Waals surface area contributed by atoms with E-state index in [-0.39, 0.29) is 11.9 Å². The molecule has 1 aliphatic heterocycles. The van der Waals surface area contributed by atoms with E-state index in [0.29, 0.717) is 19.8 Å². The topological polar surface area (TPSA) is 63.2 Å². The molecule has 0 radical (unpaired) electrons. The Bertz CT molecular complexity index is 602. The van der Waals surface area contributed by atoms with Crippen LogP contribution >= 0.6 is 0 Å². The van der Waals surface area contributed by atoms with Crippen LogP contribution in [0.5, 0.6) is 5.75 Å². The van der Waals surface area contributed by atoms with Crippen LogP contribution in [-0.4, -0.2) is 56.7 Å². The van der Waals surface area contributed by atoms with Gasteiger partial charge in [0.25, 0.3) is 0 Å². The maximum atomic E-state index is 11.8. The van der Waals surface area contributed by atoms with E-state index in [2.05, 4.69) is 41.2 Å². The number of para-hydroxylation sites is 1. The predicted molar refractivity (Wildman–Crippen MR) is 104 cm³/mol. The van der Waals surface area contributed by atoms with Crippen LogP contribution in [0.3, 0.4) is 0 Å². The zero-order valence-corrected chi connectivity index (χ0v) is 16.4. The quantitative estimate of drug-likeness (QED) is 0.365. The summed E-state index contributed by atoms with van der Waals surface area (Å²) < 4.78 is 11.1. The minimum absolute atomic E-state index is 0.0108. The largest absolute Gasteiger partial charge is 0.491 e. The molecule has 0 spiro atoms. The third-order valence-electron chi connectivity index (χ3n) is 4.67. The average Bonchev–Trinajstić information content (AvgIpc) is 2.64. The van der Waals surface area contributed by atoms with E-state index in [1.54, 1.807) is 7.05 Å². The molecule has 0 aliphatic carbocycles. The molecule has 1 aromatic carbocycles. The first-order valence-corrected chi connectivity index (χ1v) is 9.38. The molecule has 1 aromatic rings. The molecular weight excluding hydrogens is 330 g/mol. The van der Waals surface area contributed by atoms with Gasteiger partial charge < -0.3 is 19.7 Å². The summed E-state index contributed by atoms with van der Waals surface area (Å²) in [5, 5.41) is 3.35. The lowest BCUT2D eigenvalue weighted by Gasteiger charge is -2.33. The Morgan fingerprint density at radius 1 is 1.27 bits per heavy atom. The number of guanidine groups is 1. The molecule has 0 aromatic heterocycles. The molecule has 0 amide bonds. The monoisotopic (exact) mass is 361 g/mol. The van der Waals surface area contributed by atoms with E-state index in [1.165, 1.54) is 0 Å². The lowest BCUT2D eigenvalue weighted by Crippen LogP contribution is -2.47. The van der Waals surface area contributed by atoms with E-state index in [9.17, 15) is 4.79 Å². The molecule has 6 nitrogen and oxygen atoms in total. The highest BCUT2D eigenvalue weighted by atomic mass is 16.5. The second-order valence-electron chi connectivity index (χ2n) is 6.56. The highest BCUT2D eigenvalue weighted by Gasteiger charge is 2.27. The van der Waals surface area contributed by atoms with Crippen LogP contribution < -0.4 is 10.1 Å². The Kier molecular flexibility index (Phi) is 7.75. The van der Waals surface area contributed by atoms with Crippen molar-refractivity contribution >= 4 is 11.9 Å². The van der Waals surface area contributed by atoms with Crippen LogP contribution in [0.15, 0.2) is 23.2 Å². The number of hydrogen-bond acceptors (Lipinski definition) is 4. The van der Waals surface area contributed by atoms with Crippen molar-refractivity contribution in [2.24, 2.45) is 10.9 Å². The van der Waals surface area contributed by atoms with Gasteiger partial charge in [-0.25, -0.2) is 0 Å². The summed E-state index contributed by atoms with van der Waals surface area (Å²) in [4.78, 5) is 18.4. The fourth-order valence-corrected chi connectivity index (χ4v) is 3.26. The summed E-state index contributed by atoms with van der Waals surface area (Å²) in [7, 11) is 1.78. The van der Waals surface area contributed by atoms with Gasteiger partial charge >= 0.3 is 5.97 Å². The molecule has 1 heterocycles. The van der Waals surface area contributed by atoms with Gasteiger partial charge in [0.1, 0.15) is 12.4 Å². The predicted octanol–water partition coefficient (Wildman–Crippen LogP) is 2.53. The number of hydrogen-bond donors (Lipinski definition) is 1. The van der Waals surface area contributed by atoms with Gasteiger partial charge in [-0.2, -0.15) is 0 Å². The standard InChI is InChI=1S/C20H31N3O3/c1-5-25-19(24)17-9-12-23(13-10-17)20(21-4)22-11-14-26-18-15(2)7-6-8-16(18)3/h6-8,17H,5,9-14H2,1-4H3,(H,21,22). The zero-order chi connectivity index (χ0) is 18.9. The molecule has 26 heavy (non-hydrogen) atoms. The Morgan fingerprint density at radius 3 is 2.50 bits per heavy atom. The van der Waals surface area contributed by atoms with Crippen molar-refractivity contribution in [1.29, 1.82) is 0 Å². The molecule has 0 saturated carbocycles. The van der Waals surface area contributed by atoms with Crippen molar-refractivity contribution in [2.75, 3.05) is 39.9 Å². The summed E-state index contributed by atoms with van der Waals surface area (Å²) in [5.74, 6) is 1.76. The molecule has 1 fully saturated rings. The average molecular weight is 361 g/mol. The first kappa shape index (κ1) is 20.1. The molecule has 2 rings (SSSR count). The SMILES string of the molecule is CCOC(=O)C1CCN(C(=NC)NCCOc2c(C)cccc2C)CC1. The van der Waals surface area contributed by atoms with Crippen LogP contribution in [0, 0.1) is 19.8 Å². The first-order valence-electron chi connectivity index (χ1n) is 9.38. The van der Waals surface area contributed by atoms with Gasteiger partial charge in [0.2, 0.25) is 0 Å². The minimum atomic E-state index is -0.0721. The lowest BCUT2D eigenvalue weighted by atomic mass is 9.97. The number of nitrogens with zero attached hydrogens (tertiary/aromatic N) is 2. The molecular formula is C20H31N3O3. The second kappa shape index (κ2) is 10.0. The highest BCUT2D eigenvalue weighted by molar-refractivity contribution is 5.80. The van der Waals surface area contributed by atoms with Gasteiger partial charge in [-0.3, -0.25) is 9.79 Å². The second-order valence-corrected chi connectivity index (χ2v) is 6.56. The van der Waals surface area contributed by atoms with Gasteiger partial charge in [0.05, 0.1) is 19.1 Å². The van der Waals surface area contributed by atoms with Gasteiger partial charge in [-0.15, -0.1) is 0 Å². The summed E-state index contributed by atoms with van der Waals surface area (Å²) in [6.07, 6.45) is 1.61. The third kappa shape index (κ3) is 5.38. The zero-order valence-electron chi connectivity index (χ0n) is 16.4. The van der Waals surface area contributed by atoms with Crippen LogP contribution in [0.2, 0.25) is 0 Å². The summed E-state index contributed by atoms with van der Waals surface area (Å²) in [6.45, 7) is 9.27. The number of aliphatic imine (C=N–C) groups is 1. The van der Waals surface area contributed by atoms with E-state index in [4.69, 9.17) is 9.47 Å². The summed E-state index contributed by atoms with van der Waals surface area (Å²) in [5.41, 5.74) is 2.30. The van der Waals surface area contributed by atoms with E-state index >= 15 is 0 Å². The normalized spacial score (nSPS) is 15.7. The van der Waals surface area contributed by atoms with Gasteiger partial charge in [-0.05, 0) is 44.7 Å². The van der Waals surface area contributed by atoms with Crippen LogP contribution in [0.25, 0.3) is 0 Å². The van der Waals surface area contributed by atoms with E-state index < -0.39 is 0 Å². The number of aryl methyl sites for hydroxylation is 2. The lowest BCUT2D eigenvalue weighted by molar-refractivity contribution is -0.149. The molecule has 6 heteroatoms. The number of ether oxygens (including phenoxy) is 2. The Morgan fingerprint density at radius 2 is 1.92 bits per heavy atom. The Hall–Kier alpha value is -2.24. The van der Waals surface area contributed by atoms with Crippen LogP contribution in [0.4, 0.5) is 0 Å². The smallest absolute Gasteiger partial charge is 0.309 e. The fraction of sp³-hybridized carbons (Fsp3) is 0.600. The van der Waals surface area contributed by atoms with Crippen LogP contribution in [0.1, 0.15) is 30.9 Å². The molecule has 0 unspecified atom stereocenters. The van der Waals surface area contributed by atoms with Crippen molar-refractivity contribution in [3.8, 4) is 5.75 Å². The van der Waals surface area contributed by atoms with Crippen molar-refractivity contribution in [3.63, 3.8) is 0 Å². The highest BCUT2D eigenvalue weighted by Crippen LogP contribution is 2.22. The number of carbonyl (C=O) groups is 1. The number of nitrogens with one attached hydrogen (secondary N) is 1. The van der Waals surface area contributed by atoms with Crippen LogP contribution in [-0.2, 0) is 9.53 Å². The summed E-state index contributed by atoms with van der Waals surface area (Å²) >= 11 is 0. The summed E-state index contributed by atoms with van der Waals surface area (Å²) in [6, 6.07) is 6.16. The van der Waals surface area contributed by atoms with Crippen molar-refractivity contribution in [1.82, 2.24) is 10.2 Å². The Labute approximate surface area is 156 Å². The first-order chi connectivity index (χ1) is 12.6. The number of likely N-dealkylation sites (tertiary alicyclic amines) is 1. The molecule has 0 atom stereocenters. The Balaban J connectivity index is 1.76. The van der Waals surface area contributed by atoms with Crippen molar-refractivity contribution < 1.29 is 14.3 Å². The molecule has 144 valence electrons. The number of piperidine rings is 1. The maximum absolute atomic E-state index is 11.8. The van der Waals surface area contributed by atoms with E-state index in [1.807, 2.05) is 13.0 Å². The molecule has 1 aliphatic rings. The fourth-order valence-electron chi connectivity index (χ4n) is 3.26. The number of rotatable bonds is 6. The molecule has 0 bridgehead atoms. The molecule has 1 saturated heterocycles. The number of esters is 1. The maximum Gasteiger partial charge on any atom is 0.309 e. The van der Waals surface area contributed by atoms with Crippen molar-refractivity contribution in [2.45, 2.75) is 33.6 Å². The molecule has 1 N–H and O–H groups in total. The van der Waals surface area contributed by atoms with Gasteiger partial charge in [0, 0.05) is 20.1 Å². The van der Waals surface area contributed by atoms with Gasteiger partial charge in [-0.1, -0.05) is 18.2 Å². The number of carbonyl (C=O) groups excluding carboxylic acids is 1. The minimum Gasteiger partial charge on any atom is -0.491 e. The van der Waals surface area contributed by atoms with Gasteiger partial charge in [0.15, 0.2) is 5.96 Å². The van der Waals surface area contributed by atoms with E-state index in [0.717, 1.165) is 48.8 Å². The number of benzene rings is 1.